The summed E-state index contributed by atoms with van der Waals surface area (Å²) < 4.78 is 0. The van der Waals surface area contributed by atoms with Gasteiger partial charge >= 0.3 is 0 Å². The Morgan fingerprint density at radius 1 is 1.45 bits per heavy atom. The van der Waals surface area contributed by atoms with E-state index in [1.54, 1.807) is 11.8 Å². The zero-order valence-electron chi connectivity index (χ0n) is 12.0. The molecule has 112 valence electrons. The second-order valence-corrected chi connectivity index (χ2v) is 6.07. The number of nitrogens with two attached hydrogens (primary N) is 1. The monoisotopic (exact) mass is 314 g/mol. The van der Waals surface area contributed by atoms with Crippen LogP contribution in [0, 0.1) is 5.92 Å². The van der Waals surface area contributed by atoms with Crippen molar-refractivity contribution in [1.29, 1.82) is 0 Å². The quantitative estimate of drug-likeness (QED) is 0.872. The van der Waals surface area contributed by atoms with Gasteiger partial charge in [-0.05, 0) is 37.1 Å². The van der Waals surface area contributed by atoms with Gasteiger partial charge < -0.3 is 10.6 Å². The fourth-order valence-electron chi connectivity index (χ4n) is 2.72. The van der Waals surface area contributed by atoms with Crippen molar-refractivity contribution >= 4 is 30.1 Å². The summed E-state index contributed by atoms with van der Waals surface area (Å²) in [4.78, 5) is 15.7. The van der Waals surface area contributed by atoms with Gasteiger partial charge in [-0.1, -0.05) is 19.1 Å². The van der Waals surface area contributed by atoms with Gasteiger partial charge in [-0.2, -0.15) is 0 Å². The molecule has 1 saturated heterocycles. The van der Waals surface area contributed by atoms with Crippen molar-refractivity contribution < 1.29 is 4.79 Å². The van der Waals surface area contributed by atoms with E-state index in [0.717, 1.165) is 29.8 Å². The molecule has 0 radical (unpaired) electrons. The Kier molecular flexibility index (Phi) is 6.86. The van der Waals surface area contributed by atoms with E-state index in [4.69, 9.17) is 5.73 Å². The molecule has 2 rings (SSSR count). The van der Waals surface area contributed by atoms with Crippen LogP contribution in [0.25, 0.3) is 0 Å². The molecule has 2 unspecified atom stereocenters. The first-order valence-corrected chi connectivity index (χ1v) is 8.04. The fraction of sp³-hybridized carbons (Fsp3) is 0.533. The highest BCUT2D eigenvalue weighted by molar-refractivity contribution is 7.98. The molecule has 2 N–H and O–H groups in total. The summed E-state index contributed by atoms with van der Waals surface area (Å²) in [5.74, 6) is 0.792. The maximum absolute atomic E-state index is 12.7. The molecule has 2 atom stereocenters. The lowest BCUT2D eigenvalue weighted by Crippen LogP contribution is -2.49. The van der Waals surface area contributed by atoms with Crippen molar-refractivity contribution in [2.24, 2.45) is 11.7 Å². The third-order valence-electron chi connectivity index (χ3n) is 3.85. The minimum Gasteiger partial charge on any atom is -0.334 e. The molecule has 3 nitrogen and oxygen atoms in total. The van der Waals surface area contributed by atoms with E-state index >= 15 is 0 Å². The van der Waals surface area contributed by atoms with Gasteiger partial charge in [0.15, 0.2) is 0 Å². The van der Waals surface area contributed by atoms with Crippen LogP contribution in [-0.4, -0.2) is 36.2 Å². The highest BCUT2D eigenvalue weighted by atomic mass is 35.5. The SMILES string of the molecule is CSc1ccccc1C(=O)N1CCC(C)CC1CN.Cl. The lowest BCUT2D eigenvalue weighted by Gasteiger charge is -2.38. The predicted octanol–water partition coefficient (Wildman–Crippen LogP) is 3.03. The summed E-state index contributed by atoms with van der Waals surface area (Å²) in [5.41, 5.74) is 6.65. The first kappa shape index (κ1) is 17.3. The maximum atomic E-state index is 12.7. The number of amides is 1. The van der Waals surface area contributed by atoms with Crippen LogP contribution in [0.5, 0.6) is 0 Å². The van der Waals surface area contributed by atoms with Crippen LogP contribution in [0.1, 0.15) is 30.1 Å². The molecule has 20 heavy (non-hydrogen) atoms. The number of thioether (sulfide) groups is 1. The number of carbonyl (C=O) groups excluding carboxylic acids is 1. The van der Waals surface area contributed by atoms with Crippen molar-refractivity contribution in [3.63, 3.8) is 0 Å². The molecular weight excluding hydrogens is 292 g/mol. The van der Waals surface area contributed by atoms with Crippen molar-refractivity contribution in [2.45, 2.75) is 30.7 Å². The molecule has 0 aromatic heterocycles. The van der Waals surface area contributed by atoms with Crippen molar-refractivity contribution in [3.8, 4) is 0 Å². The Morgan fingerprint density at radius 2 is 2.15 bits per heavy atom. The Bertz CT molecular complexity index is 455. The maximum Gasteiger partial charge on any atom is 0.255 e. The molecule has 0 aliphatic carbocycles. The minimum atomic E-state index is 0. The second-order valence-electron chi connectivity index (χ2n) is 5.22. The number of benzene rings is 1. The largest absolute Gasteiger partial charge is 0.334 e. The van der Waals surface area contributed by atoms with Crippen LogP contribution < -0.4 is 5.73 Å². The summed E-state index contributed by atoms with van der Waals surface area (Å²) in [7, 11) is 0. The van der Waals surface area contributed by atoms with E-state index in [1.807, 2.05) is 35.4 Å². The summed E-state index contributed by atoms with van der Waals surface area (Å²) in [5, 5.41) is 0. The fourth-order valence-corrected chi connectivity index (χ4v) is 3.31. The number of halogens is 1. The van der Waals surface area contributed by atoms with E-state index in [0.29, 0.717) is 12.5 Å². The molecule has 1 amide bonds. The van der Waals surface area contributed by atoms with Gasteiger partial charge in [0.25, 0.3) is 5.91 Å². The first-order valence-electron chi connectivity index (χ1n) is 6.81. The van der Waals surface area contributed by atoms with Crippen LogP contribution >= 0.6 is 24.2 Å². The van der Waals surface area contributed by atoms with Gasteiger partial charge in [-0.25, -0.2) is 0 Å². The van der Waals surface area contributed by atoms with Gasteiger partial charge in [0.1, 0.15) is 0 Å². The zero-order chi connectivity index (χ0) is 13.8. The van der Waals surface area contributed by atoms with Gasteiger partial charge in [-0.15, -0.1) is 24.2 Å². The summed E-state index contributed by atoms with van der Waals surface area (Å²) in [6.45, 7) is 3.61. The highest BCUT2D eigenvalue weighted by Crippen LogP contribution is 2.27. The van der Waals surface area contributed by atoms with Gasteiger partial charge in [-0.3, -0.25) is 4.79 Å². The van der Waals surface area contributed by atoms with Crippen LogP contribution in [0.15, 0.2) is 29.2 Å². The average Bonchev–Trinajstić information content (AvgIpc) is 2.46. The molecule has 1 fully saturated rings. The van der Waals surface area contributed by atoms with E-state index in [2.05, 4.69) is 6.92 Å². The van der Waals surface area contributed by atoms with E-state index in [-0.39, 0.29) is 24.4 Å². The summed E-state index contributed by atoms with van der Waals surface area (Å²) >= 11 is 1.62. The Balaban J connectivity index is 0.00000200. The molecule has 5 heteroatoms. The topological polar surface area (TPSA) is 46.3 Å². The molecule has 1 aromatic carbocycles. The van der Waals surface area contributed by atoms with Crippen LogP contribution in [0.2, 0.25) is 0 Å². The number of piperidine rings is 1. The van der Waals surface area contributed by atoms with E-state index < -0.39 is 0 Å². The smallest absolute Gasteiger partial charge is 0.255 e. The zero-order valence-corrected chi connectivity index (χ0v) is 13.7. The number of hydrogen-bond acceptors (Lipinski definition) is 3. The van der Waals surface area contributed by atoms with Gasteiger partial charge in [0.05, 0.1) is 5.56 Å². The number of carbonyl (C=O) groups is 1. The molecular formula is C15H23ClN2OS. The van der Waals surface area contributed by atoms with Gasteiger partial charge in [0.2, 0.25) is 0 Å². The molecule has 1 aliphatic heterocycles. The number of likely N-dealkylation sites (tertiary alicyclic amines) is 1. The average molecular weight is 315 g/mol. The Hall–Kier alpha value is -0.710. The number of hydrogen-bond donors (Lipinski definition) is 1. The van der Waals surface area contributed by atoms with Crippen LogP contribution in [0.3, 0.4) is 0 Å². The third kappa shape index (κ3) is 3.68. The summed E-state index contributed by atoms with van der Waals surface area (Å²) in [6, 6.07) is 8.01. The normalized spacial score (nSPS) is 22.2. The first-order chi connectivity index (χ1) is 9.17. The van der Waals surface area contributed by atoms with Crippen molar-refractivity contribution in [1.82, 2.24) is 4.90 Å². The molecule has 0 saturated carbocycles. The van der Waals surface area contributed by atoms with Crippen molar-refractivity contribution in [2.75, 3.05) is 19.3 Å². The molecule has 0 bridgehead atoms. The van der Waals surface area contributed by atoms with E-state index in [1.165, 1.54) is 0 Å². The minimum absolute atomic E-state index is 0. The molecule has 0 spiro atoms. The molecule has 1 heterocycles. The van der Waals surface area contributed by atoms with Crippen LogP contribution in [-0.2, 0) is 0 Å². The lowest BCUT2D eigenvalue weighted by molar-refractivity contribution is 0.0570. The predicted molar refractivity (Wildman–Crippen MR) is 87.7 cm³/mol. The van der Waals surface area contributed by atoms with Crippen molar-refractivity contribution in [3.05, 3.63) is 29.8 Å². The number of nitrogens with zero attached hydrogens (tertiary/aromatic N) is 1. The van der Waals surface area contributed by atoms with E-state index in [9.17, 15) is 4.79 Å². The highest BCUT2D eigenvalue weighted by Gasteiger charge is 2.30. The lowest BCUT2D eigenvalue weighted by atomic mass is 9.92. The Labute approximate surface area is 131 Å². The summed E-state index contributed by atoms with van der Waals surface area (Å²) in [6.07, 6.45) is 4.10. The molecule has 1 aliphatic rings. The van der Waals surface area contributed by atoms with Crippen LogP contribution in [0.4, 0.5) is 0 Å². The number of rotatable bonds is 3. The second kappa shape index (κ2) is 7.91. The third-order valence-corrected chi connectivity index (χ3v) is 4.64. The standard InChI is InChI=1S/C15H22N2OS.ClH/c1-11-7-8-17(12(9-11)10-16)15(18)13-5-3-4-6-14(13)19-2;/h3-6,11-12H,7-10,16H2,1-2H3;1H. The molecule has 1 aromatic rings. The van der Waals surface area contributed by atoms with Gasteiger partial charge in [0, 0.05) is 24.0 Å². The Morgan fingerprint density at radius 3 is 2.80 bits per heavy atom.